The number of benzene rings is 2. The number of rotatable bonds is 4. The Kier molecular flexibility index (Phi) is 4.80. The normalized spacial score (nSPS) is 11.3. The zero-order valence-electron chi connectivity index (χ0n) is 15.1. The Morgan fingerprint density at radius 1 is 1.12 bits per heavy atom. The fourth-order valence-corrected chi connectivity index (χ4v) is 2.62. The van der Waals surface area contributed by atoms with E-state index in [0.717, 1.165) is 11.8 Å². The fourth-order valence-electron chi connectivity index (χ4n) is 2.62. The summed E-state index contributed by atoms with van der Waals surface area (Å²) in [5.41, 5.74) is 1.45. The lowest BCUT2D eigenvalue weighted by Crippen LogP contribution is -2.26. The molecule has 134 valence electrons. The van der Waals surface area contributed by atoms with Crippen molar-refractivity contribution in [2.45, 2.75) is 33.0 Å². The highest BCUT2D eigenvalue weighted by molar-refractivity contribution is 6.01. The summed E-state index contributed by atoms with van der Waals surface area (Å²) in [5, 5.41) is 0.649. The van der Waals surface area contributed by atoms with Gasteiger partial charge in [-0.05, 0) is 44.5 Å². The van der Waals surface area contributed by atoms with E-state index in [9.17, 15) is 9.59 Å². The molecule has 0 fully saturated rings. The van der Waals surface area contributed by atoms with Crippen LogP contribution < -0.4 is 4.74 Å². The van der Waals surface area contributed by atoms with Gasteiger partial charge in [-0.2, -0.15) is 0 Å². The largest absolute Gasteiger partial charge is 0.489 e. The number of hydrogen-bond donors (Lipinski definition) is 0. The maximum Gasteiger partial charge on any atom is 0.419 e. The number of nitrogens with zero attached hydrogens (tertiary/aromatic N) is 1. The zero-order chi connectivity index (χ0) is 18.7. The summed E-state index contributed by atoms with van der Waals surface area (Å²) in [4.78, 5) is 23.8. The molecule has 26 heavy (non-hydrogen) atoms. The van der Waals surface area contributed by atoms with E-state index in [1.165, 1.54) is 10.8 Å². The summed E-state index contributed by atoms with van der Waals surface area (Å²) in [6.45, 7) is 5.82. The average Bonchev–Trinajstić information content (AvgIpc) is 2.97. The van der Waals surface area contributed by atoms with Crippen molar-refractivity contribution in [2.75, 3.05) is 0 Å². The molecule has 1 heterocycles. The third-order valence-electron chi connectivity index (χ3n) is 3.77. The van der Waals surface area contributed by atoms with Crippen LogP contribution in [0.4, 0.5) is 4.79 Å². The number of hydrogen-bond acceptors (Lipinski definition) is 4. The molecule has 0 N–H and O–H groups in total. The van der Waals surface area contributed by atoms with Gasteiger partial charge in [0.1, 0.15) is 18.0 Å². The van der Waals surface area contributed by atoms with Crippen LogP contribution in [0.5, 0.6) is 5.75 Å². The van der Waals surface area contributed by atoms with Crippen LogP contribution in [0.3, 0.4) is 0 Å². The lowest BCUT2D eigenvalue weighted by molar-refractivity contribution is 0.0544. The van der Waals surface area contributed by atoms with Crippen LogP contribution in [0.25, 0.3) is 10.9 Å². The highest BCUT2D eigenvalue weighted by atomic mass is 16.6. The summed E-state index contributed by atoms with van der Waals surface area (Å²) >= 11 is 0. The van der Waals surface area contributed by atoms with E-state index in [2.05, 4.69) is 0 Å². The molecule has 3 rings (SSSR count). The summed E-state index contributed by atoms with van der Waals surface area (Å²) in [6, 6.07) is 15.1. The van der Waals surface area contributed by atoms with E-state index in [4.69, 9.17) is 9.47 Å². The number of aromatic nitrogens is 1. The predicted molar refractivity (Wildman–Crippen MR) is 99.7 cm³/mol. The van der Waals surface area contributed by atoms with Crippen molar-refractivity contribution in [1.29, 1.82) is 0 Å². The van der Waals surface area contributed by atoms with Gasteiger partial charge >= 0.3 is 6.09 Å². The molecule has 2 aromatic carbocycles. The first-order valence-corrected chi connectivity index (χ1v) is 8.38. The Labute approximate surface area is 152 Å². The predicted octanol–water partition coefficient (Wildman–Crippen LogP) is 4.82. The number of ether oxygens (including phenoxy) is 2. The number of aldehydes is 1. The van der Waals surface area contributed by atoms with Crippen LogP contribution in [0.15, 0.2) is 54.7 Å². The van der Waals surface area contributed by atoms with Gasteiger partial charge in [0, 0.05) is 17.1 Å². The Morgan fingerprint density at radius 3 is 2.50 bits per heavy atom. The van der Waals surface area contributed by atoms with Crippen molar-refractivity contribution in [3.05, 3.63) is 65.9 Å². The molecule has 0 atom stereocenters. The van der Waals surface area contributed by atoms with Gasteiger partial charge in [-0.1, -0.05) is 30.3 Å². The van der Waals surface area contributed by atoms with Crippen LogP contribution in [0.1, 0.15) is 36.7 Å². The molecule has 5 nitrogen and oxygen atoms in total. The molecule has 0 radical (unpaired) electrons. The smallest absolute Gasteiger partial charge is 0.419 e. The van der Waals surface area contributed by atoms with Gasteiger partial charge in [-0.25, -0.2) is 4.79 Å². The van der Waals surface area contributed by atoms with Crippen LogP contribution in [-0.4, -0.2) is 22.5 Å². The monoisotopic (exact) mass is 351 g/mol. The molecule has 5 heteroatoms. The summed E-state index contributed by atoms with van der Waals surface area (Å²) in [5.74, 6) is 0.631. The first-order valence-electron chi connectivity index (χ1n) is 8.38. The average molecular weight is 351 g/mol. The van der Waals surface area contributed by atoms with Gasteiger partial charge in [-0.3, -0.25) is 9.36 Å². The van der Waals surface area contributed by atoms with E-state index in [-0.39, 0.29) is 0 Å². The van der Waals surface area contributed by atoms with Gasteiger partial charge in [0.15, 0.2) is 6.29 Å². The van der Waals surface area contributed by atoms with Gasteiger partial charge < -0.3 is 9.47 Å². The van der Waals surface area contributed by atoms with Crippen molar-refractivity contribution in [1.82, 2.24) is 4.57 Å². The summed E-state index contributed by atoms with van der Waals surface area (Å²) in [7, 11) is 0. The molecule has 1 aromatic heterocycles. The third-order valence-corrected chi connectivity index (χ3v) is 3.77. The second kappa shape index (κ2) is 7.04. The molecular weight excluding hydrogens is 330 g/mol. The van der Waals surface area contributed by atoms with E-state index >= 15 is 0 Å². The van der Waals surface area contributed by atoms with Gasteiger partial charge in [-0.15, -0.1) is 0 Å². The molecule has 0 saturated heterocycles. The Balaban J connectivity index is 1.89. The molecule has 0 aliphatic rings. The number of carbonyl (C=O) groups excluding carboxylic acids is 2. The maximum absolute atomic E-state index is 12.4. The number of fused-ring (bicyclic) bond motifs is 1. The van der Waals surface area contributed by atoms with Crippen molar-refractivity contribution >= 4 is 23.3 Å². The standard InChI is InChI=1S/C21H21NO4/c1-21(2,3)26-20(24)22-12-16(13-23)18-11-17(9-10-19(18)22)25-14-15-7-5-4-6-8-15/h4-13H,14H2,1-3H3. The molecule has 0 amide bonds. The van der Waals surface area contributed by atoms with Gasteiger partial charge in [0.2, 0.25) is 0 Å². The summed E-state index contributed by atoms with van der Waals surface area (Å²) < 4.78 is 12.6. The van der Waals surface area contributed by atoms with Crippen LogP contribution in [-0.2, 0) is 11.3 Å². The first kappa shape index (κ1) is 17.7. The lowest BCUT2D eigenvalue weighted by Gasteiger charge is -2.19. The van der Waals surface area contributed by atoms with Gasteiger partial charge in [0.25, 0.3) is 0 Å². The Morgan fingerprint density at radius 2 is 1.85 bits per heavy atom. The molecule has 0 spiro atoms. The topological polar surface area (TPSA) is 57.5 Å². The van der Waals surface area contributed by atoms with Crippen molar-refractivity contribution in [2.24, 2.45) is 0 Å². The van der Waals surface area contributed by atoms with E-state index < -0.39 is 11.7 Å². The molecular formula is C21H21NO4. The lowest BCUT2D eigenvalue weighted by atomic mass is 10.2. The molecule has 0 aliphatic carbocycles. The summed E-state index contributed by atoms with van der Waals surface area (Å²) in [6.07, 6.45) is 1.70. The molecule has 0 unspecified atom stereocenters. The van der Waals surface area contributed by atoms with E-state index in [1.807, 2.05) is 30.3 Å². The van der Waals surface area contributed by atoms with Gasteiger partial charge in [0.05, 0.1) is 5.52 Å². The number of carbonyl (C=O) groups is 2. The molecule has 0 aliphatic heterocycles. The quantitative estimate of drug-likeness (QED) is 0.633. The highest BCUT2D eigenvalue weighted by Gasteiger charge is 2.21. The molecule has 3 aromatic rings. The Bertz CT molecular complexity index is 936. The molecule has 0 saturated carbocycles. The van der Waals surface area contributed by atoms with E-state index in [1.54, 1.807) is 39.0 Å². The maximum atomic E-state index is 12.4. The fraction of sp³-hybridized carbons (Fsp3) is 0.238. The minimum atomic E-state index is -0.617. The second-order valence-corrected chi connectivity index (χ2v) is 7.01. The zero-order valence-corrected chi connectivity index (χ0v) is 15.1. The first-order chi connectivity index (χ1) is 12.4. The van der Waals surface area contributed by atoms with E-state index in [0.29, 0.717) is 28.8 Å². The van der Waals surface area contributed by atoms with Crippen molar-refractivity contribution in [3.63, 3.8) is 0 Å². The third kappa shape index (κ3) is 3.94. The van der Waals surface area contributed by atoms with Crippen LogP contribution in [0.2, 0.25) is 0 Å². The van der Waals surface area contributed by atoms with Crippen molar-refractivity contribution < 1.29 is 19.1 Å². The minimum absolute atomic E-state index is 0.413. The highest BCUT2D eigenvalue weighted by Crippen LogP contribution is 2.26. The van der Waals surface area contributed by atoms with Crippen molar-refractivity contribution in [3.8, 4) is 5.75 Å². The minimum Gasteiger partial charge on any atom is -0.489 e. The second-order valence-electron chi connectivity index (χ2n) is 7.01. The van der Waals surface area contributed by atoms with Crippen LogP contribution in [0, 0.1) is 0 Å². The molecule has 0 bridgehead atoms. The Hall–Kier alpha value is -3.08. The van der Waals surface area contributed by atoms with Crippen LogP contribution >= 0.6 is 0 Å². The SMILES string of the molecule is CC(C)(C)OC(=O)n1cc(C=O)c2cc(OCc3ccccc3)ccc21.